The molecule has 0 saturated carbocycles. The molecule has 3 rings (SSSR count). The van der Waals surface area contributed by atoms with Gasteiger partial charge in [-0.1, -0.05) is 48.5 Å². The maximum Gasteiger partial charge on any atom is 0.0531 e. The molecule has 2 atom stereocenters. The van der Waals surface area contributed by atoms with E-state index >= 15 is 0 Å². The first-order valence-corrected chi connectivity index (χ1v) is 7.40. The highest BCUT2D eigenvalue weighted by Gasteiger charge is 2.28. The predicted octanol–water partition coefficient (Wildman–Crippen LogP) is 3.62. The molecule has 2 aromatic rings. The molecule has 2 unspecified atom stereocenters. The van der Waals surface area contributed by atoms with Crippen LogP contribution in [0, 0.1) is 6.92 Å². The zero-order valence-corrected chi connectivity index (χ0v) is 12.0. The van der Waals surface area contributed by atoms with Gasteiger partial charge in [-0.05, 0) is 48.4 Å². The summed E-state index contributed by atoms with van der Waals surface area (Å²) in [6, 6.07) is 17.5. The van der Waals surface area contributed by atoms with Crippen LogP contribution >= 0.6 is 0 Å². The van der Waals surface area contributed by atoms with E-state index in [4.69, 9.17) is 5.84 Å². The molecule has 2 heteroatoms. The minimum Gasteiger partial charge on any atom is -0.271 e. The Morgan fingerprint density at radius 2 is 1.85 bits per heavy atom. The molecule has 0 fully saturated rings. The number of nitrogens with one attached hydrogen (secondary N) is 1. The van der Waals surface area contributed by atoms with Gasteiger partial charge in [0.2, 0.25) is 0 Å². The zero-order chi connectivity index (χ0) is 13.9. The average molecular weight is 266 g/mol. The molecule has 0 bridgehead atoms. The summed E-state index contributed by atoms with van der Waals surface area (Å²) in [4.78, 5) is 0. The van der Waals surface area contributed by atoms with Gasteiger partial charge < -0.3 is 0 Å². The van der Waals surface area contributed by atoms with E-state index in [1.165, 1.54) is 41.5 Å². The summed E-state index contributed by atoms with van der Waals surface area (Å²) in [6.45, 7) is 2.16. The van der Waals surface area contributed by atoms with Crippen LogP contribution in [0.1, 0.15) is 47.1 Å². The second-order valence-electron chi connectivity index (χ2n) is 5.70. The fourth-order valence-corrected chi connectivity index (χ4v) is 3.50. The van der Waals surface area contributed by atoms with E-state index in [1.54, 1.807) is 0 Å². The van der Waals surface area contributed by atoms with E-state index in [0.29, 0.717) is 5.92 Å². The molecule has 2 aromatic carbocycles. The Morgan fingerprint density at radius 3 is 2.65 bits per heavy atom. The molecular formula is C18H22N2. The van der Waals surface area contributed by atoms with Crippen molar-refractivity contribution in [2.24, 2.45) is 5.84 Å². The van der Waals surface area contributed by atoms with Crippen molar-refractivity contribution in [3.63, 3.8) is 0 Å². The molecule has 0 amide bonds. The van der Waals surface area contributed by atoms with Gasteiger partial charge in [-0.3, -0.25) is 11.3 Å². The van der Waals surface area contributed by atoms with Gasteiger partial charge in [-0.2, -0.15) is 0 Å². The molecule has 0 radical (unpaired) electrons. The van der Waals surface area contributed by atoms with Gasteiger partial charge in [-0.25, -0.2) is 0 Å². The number of hydrogen-bond donors (Lipinski definition) is 2. The number of hydrogen-bond acceptors (Lipinski definition) is 2. The maximum atomic E-state index is 5.91. The summed E-state index contributed by atoms with van der Waals surface area (Å²) in [5, 5.41) is 0. The van der Waals surface area contributed by atoms with Gasteiger partial charge in [0.25, 0.3) is 0 Å². The van der Waals surface area contributed by atoms with Gasteiger partial charge in [0.1, 0.15) is 0 Å². The monoisotopic (exact) mass is 266 g/mol. The van der Waals surface area contributed by atoms with Gasteiger partial charge in [0.05, 0.1) is 6.04 Å². The van der Waals surface area contributed by atoms with E-state index in [2.05, 4.69) is 60.9 Å². The highest BCUT2D eigenvalue weighted by molar-refractivity contribution is 5.38. The average Bonchev–Trinajstić information content (AvgIpc) is 2.50. The second-order valence-corrected chi connectivity index (χ2v) is 5.70. The molecule has 104 valence electrons. The first kappa shape index (κ1) is 13.3. The van der Waals surface area contributed by atoms with Crippen LogP contribution in [0.25, 0.3) is 0 Å². The van der Waals surface area contributed by atoms with E-state index in [1.807, 2.05) is 0 Å². The third-order valence-electron chi connectivity index (χ3n) is 4.52. The highest BCUT2D eigenvalue weighted by atomic mass is 15.2. The number of rotatable bonds is 3. The van der Waals surface area contributed by atoms with E-state index in [0.717, 1.165) is 0 Å². The minimum atomic E-state index is 0.192. The molecule has 0 saturated heterocycles. The van der Waals surface area contributed by atoms with E-state index in [-0.39, 0.29) is 6.04 Å². The van der Waals surface area contributed by atoms with Crippen molar-refractivity contribution in [2.75, 3.05) is 0 Å². The van der Waals surface area contributed by atoms with Crippen LogP contribution in [-0.4, -0.2) is 0 Å². The van der Waals surface area contributed by atoms with E-state index < -0.39 is 0 Å². The summed E-state index contributed by atoms with van der Waals surface area (Å²) in [5.41, 5.74) is 8.64. The van der Waals surface area contributed by atoms with Crippen molar-refractivity contribution < 1.29 is 0 Å². The fourth-order valence-electron chi connectivity index (χ4n) is 3.50. The Bertz CT molecular complexity index is 591. The third-order valence-corrected chi connectivity index (χ3v) is 4.52. The Morgan fingerprint density at radius 1 is 1.10 bits per heavy atom. The molecule has 1 aliphatic carbocycles. The third kappa shape index (κ3) is 2.37. The van der Waals surface area contributed by atoms with Gasteiger partial charge in [0, 0.05) is 5.92 Å². The number of hydrazine groups is 1. The Balaban J connectivity index is 2.01. The minimum absolute atomic E-state index is 0.192. The number of benzene rings is 2. The largest absolute Gasteiger partial charge is 0.271 e. The van der Waals surface area contributed by atoms with Crippen LogP contribution in [0.15, 0.2) is 48.5 Å². The van der Waals surface area contributed by atoms with Crippen molar-refractivity contribution in [3.8, 4) is 0 Å². The molecule has 2 nitrogen and oxygen atoms in total. The number of fused-ring (bicyclic) bond motifs is 1. The van der Waals surface area contributed by atoms with Crippen LogP contribution in [-0.2, 0) is 6.42 Å². The first-order chi connectivity index (χ1) is 9.81. The fraction of sp³-hybridized carbons (Fsp3) is 0.333. The van der Waals surface area contributed by atoms with Crippen molar-refractivity contribution in [1.29, 1.82) is 0 Å². The van der Waals surface area contributed by atoms with Crippen LogP contribution in [0.5, 0.6) is 0 Å². The molecule has 0 aromatic heterocycles. The van der Waals surface area contributed by atoms with Gasteiger partial charge >= 0.3 is 0 Å². The molecule has 0 spiro atoms. The van der Waals surface area contributed by atoms with E-state index in [9.17, 15) is 0 Å². The Labute approximate surface area is 121 Å². The van der Waals surface area contributed by atoms with Crippen molar-refractivity contribution in [3.05, 3.63) is 70.8 Å². The number of nitrogens with two attached hydrogens (primary N) is 1. The lowest BCUT2D eigenvalue weighted by atomic mass is 9.76. The standard InChI is InChI=1S/C18H22N2/c1-13-7-2-4-10-15(13)18(20-19)17-12-6-9-14-8-3-5-11-16(14)17/h2-5,7-8,10-11,17-18,20H,6,9,12,19H2,1H3. The lowest BCUT2D eigenvalue weighted by molar-refractivity contribution is 0.407. The lowest BCUT2D eigenvalue weighted by Gasteiger charge is -2.33. The van der Waals surface area contributed by atoms with Crippen LogP contribution in [0.3, 0.4) is 0 Å². The summed E-state index contributed by atoms with van der Waals surface area (Å²) in [5.74, 6) is 6.38. The smallest absolute Gasteiger partial charge is 0.0531 e. The zero-order valence-electron chi connectivity index (χ0n) is 12.0. The summed E-state index contributed by atoms with van der Waals surface area (Å²) in [6.07, 6.45) is 3.63. The Kier molecular flexibility index (Phi) is 3.86. The molecule has 0 heterocycles. The van der Waals surface area contributed by atoms with Crippen LogP contribution in [0.2, 0.25) is 0 Å². The lowest BCUT2D eigenvalue weighted by Crippen LogP contribution is -2.34. The first-order valence-electron chi connectivity index (χ1n) is 7.40. The Hall–Kier alpha value is -1.64. The summed E-state index contributed by atoms with van der Waals surface area (Å²) < 4.78 is 0. The second kappa shape index (κ2) is 5.78. The SMILES string of the molecule is Cc1ccccc1C(NN)C1CCCc2ccccc21. The van der Waals surface area contributed by atoms with Crippen molar-refractivity contribution in [2.45, 2.75) is 38.1 Å². The van der Waals surface area contributed by atoms with Gasteiger partial charge in [-0.15, -0.1) is 0 Å². The van der Waals surface area contributed by atoms with Gasteiger partial charge in [0.15, 0.2) is 0 Å². The summed E-state index contributed by atoms with van der Waals surface area (Å²) in [7, 11) is 0. The highest BCUT2D eigenvalue weighted by Crippen LogP contribution is 2.40. The number of aryl methyl sites for hydroxylation is 2. The molecule has 0 aliphatic heterocycles. The topological polar surface area (TPSA) is 38.0 Å². The predicted molar refractivity (Wildman–Crippen MR) is 83.4 cm³/mol. The molecule has 20 heavy (non-hydrogen) atoms. The van der Waals surface area contributed by atoms with Crippen LogP contribution < -0.4 is 11.3 Å². The van der Waals surface area contributed by atoms with Crippen molar-refractivity contribution >= 4 is 0 Å². The maximum absolute atomic E-state index is 5.91. The molecule has 1 aliphatic rings. The summed E-state index contributed by atoms with van der Waals surface area (Å²) >= 11 is 0. The normalized spacial score (nSPS) is 19.4. The van der Waals surface area contributed by atoms with Crippen molar-refractivity contribution in [1.82, 2.24) is 5.43 Å². The molecule has 3 N–H and O–H groups in total. The molecular weight excluding hydrogens is 244 g/mol. The quantitative estimate of drug-likeness (QED) is 0.658. The van der Waals surface area contributed by atoms with Crippen LogP contribution in [0.4, 0.5) is 0 Å².